The summed E-state index contributed by atoms with van der Waals surface area (Å²) < 4.78 is 5.27. The van der Waals surface area contributed by atoms with Crippen molar-refractivity contribution in [1.82, 2.24) is 5.43 Å². The van der Waals surface area contributed by atoms with E-state index in [1.807, 2.05) is 48.5 Å². The first-order valence-electron chi connectivity index (χ1n) is 8.08. The molecule has 0 aromatic heterocycles. The number of para-hydroxylation sites is 1. The van der Waals surface area contributed by atoms with Gasteiger partial charge in [-0.05, 0) is 55.2 Å². The molecule has 0 saturated heterocycles. The summed E-state index contributed by atoms with van der Waals surface area (Å²) >= 11 is 0. The normalized spacial score (nSPS) is 14.8. The van der Waals surface area contributed by atoms with Crippen LogP contribution < -0.4 is 15.5 Å². The largest absolute Gasteiger partial charge is 0.497 e. The molecule has 2 N–H and O–H groups in total. The van der Waals surface area contributed by atoms with Gasteiger partial charge in [0.05, 0.1) is 19.4 Å². The second kappa shape index (κ2) is 7.64. The van der Waals surface area contributed by atoms with Crippen LogP contribution in [0.4, 0.5) is 5.69 Å². The lowest BCUT2D eigenvalue weighted by Gasteiger charge is -2.18. The fraction of sp³-hybridized carbons (Fsp3) is 0.263. The SMILES string of the molecule is COc1ccc2c(c1)CCCC2=NNC(=O)CNc1ccccc1. The van der Waals surface area contributed by atoms with Crippen LogP contribution in [0.3, 0.4) is 0 Å². The molecule has 0 heterocycles. The average Bonchev–Trinajstić information content (AvgIpc) is 2.65. The minimum atomic E-state index is -0.160. The lowest BCUT2D eigenvalue weighted by Crippen LogP contribution is -2.27. The molecular formula is C19H21N3O2. The highest BCUT2D eigenvalue weighted by Gasteiger charge is 2.16. The smallest absolute Gasteiger partial charge is 0.259 e. The van der Waals surface area contributed by atoms with Gasteiger partial charge in [0, 0.05) is 11.3 Å². The molecule has 5 nitrogen and oxygen atoms in total. The predicted molar refractivity (Wildman–Crippen MR) is 95.5 cm³/mol. The monoisotopic (exact) mass is 323 g/mol. The van der Waals surface area contributed by atoms with E-state index in [9.17, 15) is 4.79 Å². The molecule has 0 unspecified atom stereocenters. The van der Waals surface area contributed by atoms with Crippen molar-refractivity contribution in [3.05, 3.63) is 59.7 Å². The number of hydrogen-bond acceptors (Lipinski definition) is 4. The van der Waals surface area contributed by atoms with E-state index in [-0.39, 0.29) is 12.5 Å². The van der Waals surface area contributed by atoms with E-state index in [1.165, 1.54) is 5.56 Å². The van der Waals surface area contributed by atoms with Crippen molar-refractivity contribution in [2.24, 2.45) is 5.10 Å². The molecule has 2 aromatic carbocycles. The molecular weight excluding hydrogens is 302 g/mol. The van der Waals surface area contributed by atoms with E-state index in [0.29, 0.717) is 0 Å². The summed E-state index contributed by atoms with van der Waals surface area (Å²) in [7, 11) is 1.67. The molecule has 1 aliphatic rings. The van der Waals surface area contributed by atoms with Crippen molar-refractivity contribution in [1.29, 1.82) is 0 Å². The summed E-state index contributed by atoms with van der Waals surface area (Å²) in [6, 6.07) is 15.6. The summed E-state index contributed by atoms with van der Waals surface area (Å²) in [6.07, 6.45) is 2.90. The molecule has 0 fully saturated rings. The molecule has 24 heavy (non-hydrogen) atoms. The summed E-state index contributed by atoms with van der Waals surface area (Å²) in [4.78, 5) is 12.0. The van der Waals surface area contributed by atoms with E-state index >= 15 is 0 Å². The number of fused-ring (bicyclic) bond motifs is 1. The molecule has 0 atom stereocenters. The number of ether oxygens (including phenoxy) is 1. The van der Waals surface area contributed by atoms with Crippen LogP contribution in [0.2, 0.25) is 0 Å². The molecule has 0 saturated carbocycles. The van der Waals surface area contributed by atoms with Crippen LogP contribution in [0.15, 0.2) is 53.6 Å². The van der Waals surface area contributed by atoms with Gasteiger partial charge in [0.2, 0.25) is 0 Å². The number of amides is 1. The van der Waals surface area contributed by atoms with Gasteiger partial charge in [0.25, 0.3) is 5.91 Å². The topological polar surface area (TPSA) is 62.7 Å². The molecule has 0 aliphatic heterocycles. The Labute approximate surface area is 141 Å². The van der Waals surface area contributed by atoms with Gasteiger partial charge in [-0.25, -0.2) is 5.43 Å². The third-order valence-corrected chi connectivity index (χ3v) is 4.03. The summed E-state index contributed by atoms with van der Waals surface area (Å²) in [5, 5.41) is 7.40. The van der Waals surface area contributed by atoms with Crippen LogP contribution in [-0.4, -0.2) is 25.3 Å². The van der Waals surface area contributed by atoms with E-state index in [2.05, 4.69) is 15.8 Å². The Bertz CT molecular complexity index is 742. The van der Waals surface area contributed by atoms with Gasteiger partial charge >= 0.3 is 0 Å². The molecule has 1 amide bonds. The molecule has 1 aliphatic carbocycles. The summed E-state index contributed by atoms with van der Waals surface area (Å²) in [5.41, 5.74) is 6.80. The Morgan fingerprint density at radius 1 is 1.17 bits per heavy atom. The van der Waals surface area contributed by atoms with E-state index in [4.69, 9.17) is 4.74 Å². The maximum absolute atomic E-state index is 12.0. The number of anilines is 1. The summed E-state index contributed by atoms with van der Waals surface area (Å²) in [5.74, 6) is 0.693. The second-order valence-electron chi connectivity index (χ2n) is 5.69. The predicted octanol–water partition coefficient (Wildman–Crippen LogP) is 2.96. The maximum Gasteiger partial charge on any atom is 0.259 e. The average molecular weight is 323 g/mol. The Kier molecular flexibility index (Phi) is 5.11. The number of hydrazone groups is 1. The van der Waals surface area contributed by atoms with Crippen LogP contribution >= 0.6 is 0 Å². The van der Waals surface area contributed by atoms with Crippen LogP contribution in [0.5, 0.6) is 5.75 Å². The van der Waals surface area contributed by atoms with Crippen molar-refractivity contribution in [2.45, 2.75) is 19.3 Å². The Morgan fingerprint density at radius 3 is 2.79 bits per heavy atom. The number of nitrogens with zero attached hydrogens (tertiary/aromatic N) is 1. The highest BCUT2D eigenvalue weighted by Crippen LogP contribution is 2.25. The van der Waals surface area contributed by atoms with Gasteiger partial charge in [-0.1, -0.05) is 18.2 Å². The minimum Gasteiger partial charge on any atom is -0.497 e. The van der Waals surface area contributed by atoms with Gasteiger partial charge in [0.15, 0.2) is 0 Å². The number of carbonyl (C=O) groups excluding carboxylic acids is 1. The van der Waals surface area contributed by atoms with E-state index in [1.54, 1.807) is 7.11 Å². The number of rotatable bonds is 5. The molecule has 0 bridgehead atoms. The highest BCUT2D eigenvalue weighted by atomic mass is 16.5. The lowest BCUT2D eigenvalue weighted by atomic mass is 9.90. The number of methoxy groups -OCH3 is 1. The van der Waals surface area contributed by atoms with E-state index in [0.717, 1.165) is 42.0 Å². The van der Waals surface area contributed by atoms with Gasteiger partial charge in [-0.15, -0.1) is 0 Å². The quantitative estimate of drug-likeness (QED) is 0.832. The molecule has 124 valence electrons. The standard InChI is InChI=1S/C19H21N3O2/c1-24-16-10-11-17-14(12-16)6-5-9-18(17)21-22-19(23)13-20-15-7-3-2-4-8-15/h2-4,7-8,10-12,20H,5-6,9,13H2,1H3,(H,22,23). The van der Waals surface area contributed by atoms with Crippen molar-refractivity contribution in [2.75, 3.05) is 19.0 Å². The molecule has 3 rings (SSSR count). The van der Waals surface area contributed by atoms with Crippen molar-refractivity contribution >= 4 is 17.3 Å². The Morgan fingerprint density at radius 2 is 2.00 bits per heavy atom. The molecule has 2 aromatic rings. The van der Waals surface area contributed by atoms with Crippen LogP contribution in [0.1, 0.15) is 24.0 Å². The maximum atomic E-state index is 12.0. The number of nitrogens with one attached hydrogen (secondary N) is 2. The Hall–Kier alpha value is -2.82. The third-order valence-electron chi connectivity index (χ3n) is 4.03. The van der Waals surface area contributed by atoms with Crippen LogP contribution in [-0.2, 0) is 11.2 Å². The number of benzene rings is 2. The van der Waals surface area contributed by atoms with Gasteiger partial charge < -0.3 is 10.1 Å². The number of hydrogen-bond donors (Lipinski definition) is 2. The number of aryl methyl sites for hydroxylation is 1. The number of carbonyl (C=O) groups is 1. The van der Waals surface area contributed by atoms with Crippen molar-refractivity contribution in [3.8, 4) is 5.75 Å². The zero-order valence-corrected chi connectivity index (χ0v) is 13.7. The van der Waals surface area contributed by atoms with Crippen molar-refractivity contribution < 1.29 is 9.53 Å². The highest BCUT2D eigenvalue weighted by molar-refractivity contribution is 6.03. The van der Waals surface area contributed by atoms with Crippen LogP contribution in [0.25, 0.3) is 0 Å². The zero-order valence-electron chi connectivity index (χ0n) is 13.7. The third kappa shape index (κ3) is 3.93. The first-order valence-corrected chi connectivity index (χ1v) is 8.08. The van der Waals surface area contributed by atoms with E-state index < -0.39 is 0 Å². The molecule has 5 heteroatoms. The van der Waals surface area contributed by atoms with Gasteiger partial charge in [0.1, 0.15) is 5.75 Å². The molecule has 0 spiro atoms. The summed E-state index contributed by atoms with van der Waals surface area (Å²) in [6.45, 7) is 0.191. The zero-order chi connectivity index (χ0) is 16.8. The van der Waals surface area contributed by atoms with Crippen molar-refractivity contribution in [3.63, 3.8) is 0 Å². The van der Waals surface area contributed by atoms with Crippen LogP contribution in [0, 0.1) is 0 Å². The van der Waals surface area contributed by atoms with Gasteiger partial charge in [-0.3, -0.25) is 4.79 Å². The van der Waals surface area contributed by atoms with Gasteiger partial charge in [-0.2, -0.15) is 5.10 Å². The Balaban J connectivity index is 1.62. The lowest BCUT2D eigenvalue weighted by molar-refractivity contribution is -0.119. The first-order chi connectivity index (χ1) is 11.8. The fourth-order valence-corrected chi connectivity index (χ4v) is 2.79. The second-order valence-corrected chi connectivity index (χ2v) is 5.69. The molecule has 0 radical (unpaired) electrons. The fourth-order valence-electron chi connectivity index (χ4n) is 2.79. The minimum absolute atomic E-state index is 0.160. The first kappa shape index (κ1) is 16.1.